The van der Waals surface area contributed by atoms with Gasteiger partial charge in [0.05, 0.1) is 14.2 Å². The number of halogens is 1. The normalized spacial score (nSPS) is 10.1. The third-order valence-electron chi connectivity index (χ3n) is 2.05. The molecule has 1 rings (SSSR count). The van der Waals surface area contributed by atoms with Crippen molar-refractivity contribution in [3.8, 4) is 17.2 Å². The lowest BCUT2D eigenvalue weighted by Gasteiger charge is -2.13. The number of methoxy groups -OCH3 is 2. The molecule has 0 spiro atoms. The van der Waals surface area contributed by atoms with Crippen LogP contribution >= 0.6 is 11.6 Å². The molecule has 4 nitrogen and oxygen atoms in total. The number of aromatic hydroxyl groups is 1. The minimum absolute atomic E-state index is 0.0701. The number of aliphatic hydroxyl groups excluding tert-OH is 1. The van der Waals surface area contributed by atoms with Gasteiger partial charge in [-0.15, -0.1) is 0 Å². The van der Waals surface area contributed by atoms with Gasteiger partial charge in [0.15, 0.2) is 11.5 Å². The molecule has 0 amide bonds. The van der Waals surface area contributed by atoms with Crippen LogP contribution in [-0.2, 0) is 6.42 Å². The molecule has 0 radical (unpaired) electrons. The molecule has 0 bridgehead atoms. The Labute approximate surface area is 93.0 Å². The highest BCUT2D eigenvalue weighted by atomic mass is 35.5. The Morgan fingerprint density at radius 2 is 2.00 bits per heavy atom. The van der Waals surface area contributed by atoms with Crippen molar-refractivity contribution in [2.24, 2.45) is 0 Å². The first-order valence-electron chi connectivity index (χ1n) is 4.38. The maximum atomic E-state index is 9.68. The molecule has 0 aliphatic rings. The van der Waals surface area contributed by atoms with E-state index in [1.165, 1.54) is 14.2 Å². The Balaban J connectivity index is 3.29. The molecule has 0 heterocycles. The van der Waals surface area contributed by atoms with Gasteiger partial charge in [-0.3, -0.25) is 0 Å². The van der Waals surface area contributed by atoms with Crippen molar-refractivity contribution in [1.82, 2.24) is 0 Å². The minimum atomic E-state index is -0.0802. The molecule has 84 valence electrons. The molecule has 1 aromatic rings. The summed E-state index contributed by atoms with van der Waals surface area (Å²) < 4.78 is 10.1. The number of rotatable bonds is 4. The fraction of sp³-hybridized carbons (Fsp3) is 0.400. The molecule has 0 aliphatic carbocycles. The molecule has 0 saturated heterocycles. The van der Waals surface area contributed by atoms with E-state index in [-0.39, 0.29) is 17.4 Å². The number of ether oxygens (including phenoxy) is 2. The Morgan fingerprint density at radius 1 is 1.33 bits per heavy atom. The molecule has 1 aromatic carbocycles. The second kappa shape index (κ2) is 5.09. The van der Waals surface area contributed by atoms with Crippen molar-refractivity contribution in [2.75, 3.05) is 20.8 Å². The van der Waals surface area contributed by atoms with Gasteiger partial charge in [0.2, 0.25) is 0 Å². The summed E-state index contributed by atoms with van der Waals surface area (Å²) in [4.78, 5) is 0. The molecule has 0 saturated carbocycles. The zero-order valence-corrected chi connectivity index (χ0v) is 9.34. The SMILES string of the molecule is COc1cc(CCO)c(O)c(Cl)c1OC. The van der Waals surface area contributed by atoms with E-state index >= 15 is 0 Å². The Morgan fingerprint density at radius 3 is 2.47 bits per heavy atom. The second-order valence-corrected chi connectivity index (χ2v) is 3.29. The molecule has 5 heteroatoms. The van der Waals surface area contributed by atoms with E-state index in [4.69, 9.17) is 26.2 Å². The van der Waals surface area contributed by atoms with E-state index < -0.39 is 0 Å². The lowest BCUT2D eigenvalue weighted by atomic mass is 10.1. The second-order valence-electron chi connectivity index (χ2n) is 2.91. The molecule has 0 unspecified atom stereocenters. The van der Waals surface area contributed by atoms with Crippen LogP contribution in [-0.4, -0.2) is 31.0 Å². The van der Waals surface area contributed by atoms with Crippen molar-refractivity contribution >= 4 is 11.6 Å². The zero-order valence-electron chi connectivity index (χ0n) is 8.58. The number of benzene rings is 1. The van der Waals surface area contributed by atoms with Crippen molar-refractivity contribution in [2.45, 2.75) is 6.42 Å². The van der Waals surface area contributed by atoms with Gasteiger partial charge in [0, 0.05) is 12.2 Å². The van der Waals surface area contributed by atoms with Gasteiger partial charge in [-0.25, -0.2) is 0 Å². The topological polar surface area (TPSA) is 58.9 Å². The van der Waals surface area contributed by atoms with Crippen molar-refractivity contribution < 1.29 is 19.7 Å². The van der Waals surface area contributed by atoms with E-state index in [1.54, 1.807) is 6.07 Å². The van der Waals surface area contributed by atoms with Gasteiger partial charge in [0.1, 0.15) is 10.8 Å². The van der Waals surface area contributed by atoms with Crippen LogP contribution in [0.25, 0.3) is 0 Å². The first-order valence-corrected chi connectivity index (χ1v) is 4.76. The van der Waals surface area contributed by atoms with Crippen LogP contribution in [0.5, 0.6) is 17.2 Å². The van der Waals surface area contributed by atoms with Crippen LogP contribution < -0.4 is 9.47 Å². The van der Waals surface area contributed by atoms with E-state index in [0.717, 1.165) is 0 Å². The third kappa shape index (κ3) is 2.27. The monoisotopic (exact) mass is 232 g/mol. The van der Waals surface area contributed by atoms with Crippen LogP contribution in [0, 0.1) is 0 Å². The summed E-state index contributed by atoms with van der Waals surface area (Å²) in [6.45, 7) is -0.0701. The summed E-state index contributed by atoms with van der Waals surface area (Å²) in [6, 6.07) is 1.59. The Bertz CT molecular complexity index is 352. The van der Waals surface area contributed by atoms with Gasteiger partial charge in [-0.1, -0.05) is 11.6 Å². The van der Waals surface area contributed by atoms with Gasteiger partial charge in [0.25, 0.3) is 0 Å². The summed E-state index contributed by atoms with van der Waals surface area (Å²) >= 11 is 5.88. The highest BCUT2D eigenvalue weighted by Crippen LogP contribution is 2.43. The highest BCUT2D eigenvalue weighted by molar-refractivity contribution is 6.33. The summed E-state index contributed by atoms with van der Waals surface area (Å²) in [5, 5.41) is 18.6. The smallest absolute Gasteiger partial charge is 0.183 e. The fourth-order valence-corrected chi connectivity index (χ4v) is 1.59. The van der Waals surface area contributed by atoms with Crippen molar-refractivity contribution in [3.63, 3.8) is 0 Å². The van der Waals surface area contributed by atoms with E-state index in [9.17, 15) is 5.11 Å². The summed E-state index contributed by atoms with van der Waals surface area (Å²) in [5.74, 6) is 0.644. The highest BCUT2D eigenvalue weighted by Gasteiger charge is 2.17. The standard InChI is InChI=1S/C10H13ClO4/c1-14-7-5-6(3-4-12)9(13)8(11)10(7)15-2/h5,12-13H,3-4H2,1-2H3. The summed E-state index contributed by atoms with van der Waals surface area (Å²) in [5.41, 5.74) is 0.528. The Kier molecular flexibility index (Phi) is 4.05. The molecule has 0 aromatic heterocycles. The number of aliphatic hydroxyl groups is 1. The van der Waals surface area contributed by atoms with Gasteiger partial charge in [-0.2, -0.15) is 0 Å². The molecule has 0 fully saturated rings. The predicted octanol–water partition coefficient (Wildman–Crippen LogP) is 1.60. The van der Waals surface area contributed by atoms with Gasteiger partial charge < -0.3 is 19.7 Å². The van der Waals surface area contributed by atoms with Crippen LogP contribution in [0.1, 0.15) is 5.56 Å². The predicted molar refractivity (Wildman–Crippen MR) is 57.0 cm³/mol. The van der Waals surface area contributed by atoms with Crippen molar-refractivity contribution in [1.29, 1.82) is 0 Å². The summed E-state index contributed by atoms with van der Waals surface area (Å²) in [7, 11) is 2.92. The molecule has 15 heavy (non-hydrogen) atoms. The van der Waals surface area contributed by atoms with E-state index in [2.05, 4.69) is 0 Å². The summed E-state index contributed by atoms with van der Waals surface area (Å²) in [6.07, 6.45) is 0.311. The largest absolute Gasteiger partial charge is 0.506 e. The number of phenols is 1. The molecule has 0 aliphatic heterocycles. The first-order chi connectivity index (χ1) is 7.15. The molecular weight excluding hydrogens is 220 g/mol. The molecule has 0 atom stereocenters. The maximum absolute atomic E-state index is 9.68. The zero-order chi connectivity index (χ0) is 11.4. The average molecular weight is 233 g/mol. The average Bonchev–Trinajstić information content (AvgIpc) is 2.24. The quantitative estimate of drug-likeness (QED) is 0.828. The fourth-order valence-electron chi connectivity index (χ4n) is 1.30. The lowest BCUT2D eigenvalue weighted by molar-refractivity contribution is 0.296. The number of hydrogen-bond acceptors (Lipinski definition) is 4. The molecular formula is C10H13ClO4. The minimum Gasteiger partial charge on any atom is -0.506 e. The van der Waals surface area contributed by atoms with Gasteiger partial charge in [-0.05, 0) is 12.5 Å². The molecule has 2 N–H and O–H groups in total. The third-order valence-corrected chi connectivity index (χ3v) is 2.40. The van der Waals surface area contributed by atoms with Crippen LogP contribution in [0.4, 0.5) is 0 Å². The van der Waals surface area contributed by atoms with Crippen molar-refractivity contribution in [3.05, 3.63) is 16.7 Å². The maximum Gasteiger partial charge on any atom is 0.183 e. The van der Waals surface area contributed by atoms with Crippen LogP contribution in [0.2, 0.25) is 5.02 Å². The van der Waals surface area contributed by atoms with Gasteiger partial charge >= 0.3 is 0 Å². The first kappa shape index (κ1) is 11.9. The Hall–Kier alpha value is -1.13. The number of hydrogen-bond donors (Lipinski definition) is 2. The van der Waals surface area contributed by atoms with E-state index in [1.807, 2.05) is 0 Å². The van der Waals surface area contributed by atoms with Crippen LogP contribution in [0.15, 0.2) is 6.07 Å². The van der Waals surface area contributed by atoms with E-state index in [0.29, 0.717) is 23.5 Å². The number of phenolic OH excluding ortho intramolecular Hbond substituents is 1. The van der Waals surface area contributed by atoms with Crippen LogP contribution in [0.3, 0.4) is 0 Å². The lowest BCUT2D eigenvalue weighted by Crippen LogP contribution is -1.97.